The second kappa shape index (κ2) is 12.4. The first-order valence-corrected chi connectivity index (χ1v) is 10.5. The molecule has 0 aromatic heterocycles. The van der Waals surface area contributed by atoms with Gasteiger partial charge in [0.15, 0.2) is 0 Å². The number of nitrogens with zero attached hydrogens (tertiary/aromatic N) is 1. The van der Waals surface area contributed by atoms with Crippen molar-refractivity contribution in [3.8, 4) is 0 Å². The smallest absolute Gasteiger partial charge is 0.326 e. The summed E-state index contributed by atoms with van der Waals surface area (Å²) in [6, 6.07) is 2.89. The van der Waals surface area contributed by atoms with Crippen molar-refractivity contribution >= 4 is 30.3 Å². The standard InChI is InChI=1S/C25H29N2O5.ClH/c1-3-32-25(31)21(14-13-18-9-5-4-6-10-18)26-17(2)23(28)27-16-20-12-8-7-11-19(20)15-22(27)24(29)30;/h4-7,9-12,17,21-22,26H,3,13-16H2,1-2H3,(H,29,30);1H/t17?,21-,22+;/m1./s1/i4D,5D,6D,9D,10D;. The number of carboxylic acid groups (broad SMARTS) is 1. The number of amides is 1. The van der Waals surface area contributed by atoms with E-state index in [1.54, 1.807) is 25.1 Å². The normalized spacial score (nSPS) is 18.8. The van der Waals surface area contributed by atoms with Gasteiger partial charge in [0.2, 0.25) is 5.91 Å². The third-order valence-electron chi connectivity index (χ3n) is 5.38. The zero-order valence-electron chi connectivity index (χ0n) is 23.4. The van der Waals surface area contributed by atoms with Gasteiger partial charge in [-0.15, -0.1) is 12.4 Å². The van der Waals surface area contributed by atoms with Gasteiger partial charge in [-0.25, -0.2) is 4.79 Å². The molecule has 0 fully saturated rings. The predicted octanol–water partition coefficient (Wildman–Crippen LogP) is 2.79. The van der Waals surface area contributed by atoms with E-state index in [1.807, 2.05) is 0 Å². The molecule has 0 saturated carbocycles. The molecule has 1 aliphatic heterocycles. The average molecular weight is 479 g/mol. The van der Waals surface area contributed by atoms with Gasteiger partial charge in [0.05, 0.1) is 19.5 Å². The predicted molar refractivity (Wildman–Crippen MR) is 126 cm³/mol. The minimum absolute atomic E-state index is 0. The van der Waals surface area contributed by atoms with E-state index in [4.69, 9.17) is 11.6 Å². The SMILES string of the molecule is Cl.[2H]c1c([2H])c([2H])c(CC[C@@H](NC(C)C(=O)N2Cc3c[c]ccc3C[C@H]2C(=O)O)C(=O)OCC)c([2H])c1[2H]. The molecule has 8 heteroatoms. The van der Waals surface area contributed by atoms with E-state index in [0.717, 1.165) is 11.1 Å². The maximum absolute atomic E-state index is 13.4. The number of ether oxygens (including phenoxy) is 1. The van der Waals surface area contributed by atoms with Gasteiger partial charge in [-0.1, -0.05) is 42.3 Å². The van der Waals surface area contributed by atoms with Crippen LogP contribution in [0.3, 0.4) is 0 Å². The monoisotopic (exact) mass is 478 g/mol. The Kier molecular flexibility index (Phi) is 7.33. The zero-order valence-corrected chi connectivity index (χ0v) is 19.3. The first kappa shape index (κ1) is 19.6. The van der Waals surface area contributed by atoms with E-state index >= 15 is 0 Å². The Morgan fingerprint density at radius 2 is 2.03 bits per heavy atom. The Hall–Kier alpha value is -2.90. The minimum atomic E-state index is -1.14. The van der Waals surface area contributed by atoms with E-state index in [-0.39, 0.29) is 62.5 Å². The lowest BCUT2D eigenvalue weighted by Gasteiger charge is -2.36. The van der Waals surface area contributed by atoms with Gasteiger partial charge >= 0.3 is 11.9 Å². The van der Waals surface area contributed by atoms with Crippen molar-refractivity contribution in [2.75, 3.05) is 6.61 Å². The molecule has 0 saturated heterocycles. The van der Waals surface area contributed by atoms with Gasteiger partial charge in [0, 0.05) is 13.0 Å². The summed E-state index contributed by atoms with van der Waals surface area (Å²) in [6.07, 6.45) is 0.0942. The highest BCUT2D eigenvalue weighted by molar-refractivity contribution is 5.88. The number of nitrogens with one attached hydrogen (secondary N) is 1. The number of halogens is 1. The van der Waals surface area contributed by atoms with Gasteiger partial charge in [-0.3, -0.25) is 14.9 Å². The topological polar surface area (TPSA) is 95.9 Å². The summed E-state index contributed by atoms with van der Waals surface area (Å²) in [5, 5.41) is 12.7. The Morgan fingerprint density at radius 3 is 2.70 bits per heavy atom. The van der Waals surface area contributed by atoms with Gasteiger partial charge < -0.3 is 14.7 Å². The minimum Gasteiger partial charge on any atom is -0.480 e. The number of fused-ring (bicyclic) bond motifs is 1. The van der Waals surface area contributed by atoms with E-state index in [2.05, 4.69) is 11.4 Å². The molecule has 177 valence electrons. The van der Waals surface area contributed by atoms with E-state index < -0.39 is 54.1 Å². The number of rotatable bonds is 9. The first-order valence-electron chi connectivity index (χ1n) is 13.0. The zero-order chi connectivity index (χ0) is 27.4. The van der Waals surface area contributed by atoms with Crippen LogP contribution < -0.4 is 5.32 Å². The van der Waals surface area contributed by atoms with Crippen LogP contribution in [-0.4, -0.2) is 52.6 Å². The summed E-state index contributed by atoms with van der Waals surface area (Å²) in [4.78, 5) is 39.2. The fourth-order valence-corrected chi connectivity index (χ4v) is 3.73. The maximum atomic E-state index is 13.4. The molecule has 1 unspecified atom stereocenters. The number of benzene rings is 2. The molecular weight excluding hydrogens is 444 g/mol. The molecule has 0 bridgehead atoms. The lowest BCUT2D eigenvalue weighted by atomic mass is 9.93. The molecule has 0 spiro atoms. The van der Waals surface area contributed by atoms with Crippen molar-refractivity contribution in [1.82, 2.24) is 10.2 Å². The van der Waals surface area contributed by atoms with Gasteiger partial charge in [0.1, 0.15) is 12.1 Å². The molecule has 1 radical (unpaired) electrons. The lowest BCUT2D eigenvalue weighted by Crippen LogP contribution is -2.56. The second-order valence-electron chi connectivity index (χ2n) is 7.55. The van der Waals surface area contributed by atoms with Crippen LogP contribution in [0.4, 0.5) is 0 Å². The highest BCUT2D eigenvalue weighted by Crippen LogP contribution is 2.24. The summed E-state index contributed by atoms with van der Waals surface area (Å²) < 4.78 is 44.8. The summed E-state index contributed by atoms with van der Waals surface area (Å²) in [5.74, 6) is -2.32. The fraction of sp³-hybridized carbons (Fsp3) is 0.400. The lowest BCUT2D eigenvalue weighted by molar-refractivity contribution is -0.153. The Balaban J connectivity index is 0.00000507. The molecule has 7 nitrogen and oxygen atoms in total. The number of carbonyl (C=O) groups excluding carboxylic acids is 2. The Morgan fingerprint density at radius 1 is 1.30 bits per heavy atom. The van der Waals surface area contributed by atoms with Crippen LogP contribution in [-0.2, 0) is 38.5 Å². The van der Waals surface area contributed by atoms with Crippen molar-refractivity contribution in [2.45, 2.75) is 57.8 Å². The molecule has 1 amide bonds. The summed E-state index contributed by atoms with van der Waals surface area (Å²) in [6.45, 7) is 3.30. The molecule has 2 aromatic carbocycles. The quantitative estimate of drug-likeness (QED) is 0.538. The van der Waals surface area contributed by atoms with Gasteiger partial charge in [0.25, 0.3) is 0 Å². The number of hydrogen-bond acceptors (Lipinski definition) is 5. The maximum Gasteiger partial charge on any atom is 0.326 e. The van der Waals surface area contributed by atoms with Crippen LogP contribution in [0.2, 0.25) is 0 Å². The van der Waals surface area contributed by atoms with Crippen molar-refractivity contribution in [1.29, 1.82) is 0 Å². The molecule has 2 aromatic rings. The third-order valence-corrected chi connectivity index (χ3v) is 5.38. The van der Waals surface area contributed by atoms with E-state index in [1.165, 1.54) is 11.8 Å². The van der Waals surface area contributed by atoms with E-state index in [0.29, 0.717) is 0 Å². The number of esters is 1. The second-order valence-corrected chi connectivity index (χ2v) is 7.55. The van der Waals surface area contributed by atoms with Crippen molar-refractivity contribution in [3.63, 3.8) is 0 Å². The highest BCUT2D eigenvalue weighted by Gasteiger charge is 2.37. The Labute approximate surface area is 207 Å². The molecule has 0 aliphatic carbocycles. The van der Waals surface area contributed by atoms with Crippen LogP contribution in [0.25, 0.3) is 0 Å². The third kappa shape index (κ3) is 6.79. The van der Waals surface area contributed by atoms with E-state index in [9.17, 15) is 19.5 Å². The van der Waals surface area contributed by atoms with Crippen LogP contribution in [0.5, 0.6) is 0 Å². The summed E-state index contributed by atoms with van der Waals surface area (Å²) in [7, 11) is 0. The molecule has 3 atom stereocenters. The number of aliphatic carboxylic acids is 1. The number of hydrogen-bond donors (Lipinski definition) is 2. The molecular formula is C25H30ClN2O5. The highest BCUT2D eigenvalue weighted by atomic mass is 35.5. The molecule has 1 heterocycles. The molecule has 3 rings (SSSR count). The fourth-order valence-electron chi connectivity index (χ4n) is 3.73. The average Bonchev–Trinajstić information content (AvgIpc) is 2.88. The van der Waals surface area contributed by atoms with Crippen molar-refractivity contribution in [2.24, 2.45) is 0 Å². The Bertz CT molecular complexity index is 1190. The number of carbonyl (C=O) groups is 3. The molecule has 33 heavy (non-hydrogen) atoms. The summed E-state index contributed by atoms with van der Waals surface area (Å²) in [5.41, 5.74) is 1.68. The van der Waals surface area contributed by atoms with Gasteiger partial charge in [-0.05, 0) is 55.5 Å². The van der Waals surface area contributed by atoms with Crippen LogP contribution in [0, 0.1) is 6.07 Å². The molecule has 2 N–H and O–H groups in total. The van der Waals surface area contributed by atoms with Crippen LogP contribution in [0.15, 0.2) is 48.4 Å². The summed E-state index contributed by atoms with van der Waals surface area (Å²) >= 11 is 0. The number of carboxylic acids is 1. The van der Waals surface area contributed by atoms with Crippen molar-refractivity contribution in [3.05, 3.63) is 71.2 Å². The first-order chi connectivity index (χ1) is 17.5. The van der Waals surface area contributed by atoms with Crippen LogP contribution >= 0.6 is 12.4 Å². The van der Waals surface area contributed by atoms with Crippen molar-refractivity contribution < 1.29 is 31.1 Å². The largest absolute Gasteiger partial charge is 0.480 e. The molecule has 1 aliphatic rings. The van der Waals surface area contributed by atoms with Crippen LogP contribution in [0.1, 0.15) is 43.8 Å². The van der Waals surface area contributed by atoms with Gasteiger partial charge in [-0.2, -0.15) is 0 Å².